The van der Waals surface area contributed by atoms with E-state index in [0.717, 1.165) is 35.0 Å². The molecular weight excluding hydrogens is 348 g/mol. The van der Waals surface area contributed by atoms with Crippen LogP contribution in [0.1, 0.15) is 28.8 Å². The molecule has 4 rings (SSSR count). The first kappa shape index (κ1) is 15.1. The summed E-state index contributed by atoms with van der Waals surface area (Å²) in [7, 11) is 0. The van der Waals surface area contributed by atoms with Gasteiger partial charge < -0.3 is 4.98 Å². The lowest BCUT2D eigenvalue weighted by Crippen LogP contribution is -2.21. The predicted molar refractivity (Wildman–Crippen MR) is 99.0 cm³/mol. The number of benzene rings is 1. The van der Waals surface area contributed by atoms with E-state index in [4.69, 9.17) is 23.8 Å². The minimum absolute atomic E-state index is 0.0388. The Hall–Kier alpha value is -1.43. The maximum absolute atomic E-state index is 13.1. The Labute approximate surface area is 147 Å². The number of hydrogen-bond donors (Lipinski definition) is 1. The van der Waals surface area contributed by atoms with Crippen LogP contribution in [0.2, 0.25) is 5.02 Å². The normalized spacial score (nSPS) is 14.2. The summed E-state index contributed by atoms with van der Waals surface area (Å²) in [4.78, 5) is 18.6. The molecule has 23 heavy (non-hydrogen) atoms. The first-order valence-corrected chi connectivity index (χ1v) is 9.22. The van der Waals surface area contributed by atoms with Crippen molar-refractivity contribution in [3.8, 4) is 5.69 Å². The van der Waals surface area contributed by atoms with Crippen molar-refractivity contribution in [3.05, 3.63) is 54.4 Å². The number of nitrogens with one attached hydrogen (secondary N) is 1. The topological polar surface area (TPSA) is 37.8 Å². The molecule has 0 bridgehead atoms. The lowest BCUT2D eigenvalue weighted by molar-refractivity contribution is 0.699. The zero-order valence-electron chi connectivity index (χ0n) is 12.6. The lowest BCUT2D eigenvalue weighted by atomic mass is 9.97. The predicted octanol–water partition coefficient (Wildman–Crippen LogP) is 4.95. The summed E-state index contributed by atoms with van der Waals surface area (Å²) in [6, 6.07) is 5.59. The molecule has 6 heteroatoms. The Morgan fingerprint density at radius 3 is 2.87 bits per heavy atom. The number of aryl methyl sites for hydroxylation is 3. The van der Waals surface area contributed by atoms with Gasteiger partial charge in [-0.05, 0) is 68.1 Å². The smallest absolute Gasteiger partial charge is 0.267 e. The standard InChI is InChI=1S/C17H15ClN2OS2/c1-9-6-7-10(8-12(9)18)20-16(21)14-11-4-2-3-5-13(11)23-15(14)19-17(20)22/h6-8H,2-5H2,1H3,(H,19,22). The number of rotatable bonds is 1. The van der Waals surface area contributed by atoms with Crippen molar-refractivity contribution in [3.63, 3.8) is 0 Å². The van der Waals surface area contributed by atoms with Crippen LogP contribution in [0.15, 0.2) is 23.0 Å². The summed E-state index contributed by atoms with van der Waals surface area (Å²) in [6.45, 7) is 1.94. The summed E-state index contributed by atoms with van der Waals surface area (Å²) < 4.78 is 1.98. The van der Waals surface area contributed by atoms with Crippen LogP contribution in [0.3, 0.4) is 0 Å². The van der Waals surface area contributed by atoms with E-state index >= 15 is 0 Å². The molecule has 1 aliphatic rings. The molecule has 0 saturated carbocycles. The number of halogens is 1. The van der Waals surface area contributed by atoms with Gasteiger partial charge in [0.05, 0.1) is 11.1 Å². The molecular formula is C17H15ClN2OS2. The summed E-state index contributed by atoms with van der Waals surface area (Å²) in [5.74, 6) is 0. The molecule has 1 aromatic carbocycles. The molecule has 0 radical (unpaired) electrons. The zero-order valence-corrected chi connectivity index (χ0v) is 15.0. The third kappa shape index (κ3) is 2.38. The number of nitrogens with zero attached hydrogens (tertiary/aromatic N) is 1. The summed E-state index contributed by atoms with van der Waals surface area (Å²) in [5, 5.41) is 1.44. The van der Waals surface area contributed by atoms with Crippen LogP contribution >= 0.6 is 35.2 Å². The Bertz CT molecular complexity index is 1050. The second-order valence-corrected chi connectivity index (χ2v) is 7.82. The van der Waals surface area contributed by atoms with Crippen molar-refractivity contribution in [2.45, 2.75) is 32.6 Å². The molecule has 1 N–H and O–H groups in total. The van der Waals surface area contributed by atoms with Crippen LogP contribution in [0.25, 0.3) is 15.9 Å². The van der Waals surface area contributed by atoms with Crippen molar-refractivity contribution in [2.75, 3.05) is 0 Å². The molecule has 0 spiro atoms. The number of H-pyrrole nitrogens is 1. The van der Waals surface area contributed by atoms with Gasteiger partial charge in [0.25, 0.3) is 5.56 Å². The van der Waals surface area contributed by atoms with Crippen LogP contribution in [0.4, 0.5) is 0 Å². The summed E-state index contributed by atoms with van der Waals surface area (Å²) in [5.41, 5.74) is 2.86. The number of aromatic amines is 1. The van der Waals surface area contributed by atoms with Gasteiger partial charge in [-0.1, -0.05) is 17.7 Å². The van der Waals surface area contributed by atoms with Gasteiger partial charge in [-0.25, -0.2) is 0 Å². The largest absolute Gasteiger partial charge is 0.323 e. The highest BCUT2D eigenvalue weighted by Crippen LogP contribution is 2.33. The van der Waals surface area contributed by atoms with Crippen LogP contribution in [0, 0.1) is 11.7 Å². The third-order valence-corrected chi connectivity index (χ3v) is 6.32. The van der Waals surface area contributed by atoms with Crippen LogP contribution in [0.5, 0.6) is 0 Å². The Kier molecular flexibility index (Phi) is 3.67. The fraction of sp³-hybridized carbons (Fsp3) is 0.294. The average Bonchev–Trinajstić information content (AvgIpc) is 2.88. The van der Waals surface area contributed by atoms with Gasteiger partial charge in [-0.2, -0.15) is 0 Å². The highest BCUT2D eigenvalue weighted by atomic mass is 35.5. The van der Waals surface area contributed by atoms with E-state index in [1.165, 1.54) is 16.9 Å². The molecule has 2 heterocycles. The van der Waals surface area contributed by atoms with E-state index in [0.29, 0.717) is 15.5 Å². The fourth-order valence-electron chi connectivity index (χ4n) is 3.19. The SMILES string of the molecule is Cc1ccc(-n2c(=S)[nH]c3sc4c(c3c2=O)CCCC4)cc1Cl. The first-order chi connectivity index (χ1) is 11.1. The zero-order chi connectivity index (χ0) is 16.1. The van der Waals surface area contributed by atoms with Gasteiger partial charge in [0, 0.05) is 9.90 Å². The van der Waals surface area contributed by atoms with E-state index in [2.05, 4.69) is 4.98 Å². The van der Waals surface area contributed by atoms with Gasteiger partial charge in [0.2, 0.25) is 0 Å². The lowest BCUT2D eigenvalue weighted by Gasteiger charge is -2.11. The molecule has 118 valence electrons. The third-order valence-electron chi connectivity index (χ3n) is 4.43. The maximum Gasteiger partial charge on any atom is 0.267 e. The molecule has 0 saturated heterocycles. The Morgan fingerprint density at radius 1 is 1.30 bits per heavy atom. The fourth-order valence-corrected chi connectivity index (χ4v) is 5.00. The quantitative estimate of drug-likeness (QED) is 0.622. The van der Waals surface area contributed by atoms with Crippen molar-refractivity contribution in [2.24, 2.45) is 0 Å². The highest BCUT2D eigenvalue weighted by molar-refractivity contribution is 7.71. The van der Waals surface area contributed by atoms with Gasteiger partial charge >= 0.3 is 0 Å². The van der Waals surface area contributed by atoms with Crippen LogP contribution in [-0.4, -0.2) is 9.55 Å². The molecule has 0 atom stereocenters. The van der Waals surface area contributed by atoms with Crippen molar-refractivity contribution in [1.29, 1.82) is 0 Å². The number of hydrogen-bond acceptors (Lipinski definition) is 3. The molecule has 0 amide bonds. The van der Waals surface area contributed by atoms with Gasteiger partial charge in [-0.15, -0.1) is 11.3 Å². The van der Waals surface area contributed by atoms with Gasteiger partial charge in [-0.3, -0.25) is 9.36 Å². The monoisotopic (exact) mass is 362 g/mol. The molecule has 2 aromatic heterocycles. The number of thiophene rings is 1. The highest BCUT2D eigenvalue weighted by Gasteiger charge is 2.20. The molecule has 1 aliphatic carbocycles. The van der Waals surface area contributed by atoms with E-state index in [1.807, 2.05) is 19.1 Å². The molecule has 0 unspecified atom stereocenters. The molecule has 0 aliphatic heterocycles. The first-order valence-electron chi connectivity index (χ1n) is 7.62. The second kappa shape index (κ2) is 5.58. The van der Waals surface area contributed by atoms with Gasteiger partial charge in [0.15, 0.2) is 4.77 Å². The van der Waals surface area contributed by atoms with Crippen LogP contribution < -0.4 is 5.56 Å². The summed E-state index contributed by atoms with van der Waals surface area (Å²) >= 11 is 13.3. The van der Waals surface area contributed by atoms with Crippen molar-refractivity contribution >= 4 is 45.4 Å². The summed E-state index contributed by atoms with van der Waals surface area (Å²) in [6.07, 6.45) is 4.38. The van der Waals surface area contributed by atoms with E-state index in [-0.39, 0.29) is 5.56 Å². The van der Waals surface area contributed by atoms with Crippen molar-refractivity contribution < 1.29 is 0 Å². The number of fused-ring (bicyclic) bond motifs is 3. The van der Waals surface area contributed by atoms with Crippen molar-refractivity contribution in [1.82, 2.24) is 9.55 Å². The van der Waals surface area contributed by atoms with Crippen LogP contribution in [-0.2, 0) is 12.8 Å². The average molecular weight is 363 g/mol. The van der Waals surface area contributed by atoms with E-state index in [9.17, 15) is 4.79 Å². The minimum atomic E-state index is -0.0388. The van der Waals surface area contributed by atoms with Gasteiger partial charge in [0.1, 0.15) is 4.83 Å². The van der Waals surface area contributed by atoms with E-state index < -0.39 is 0 Å². The Balaban J connectivity index is 2.05. The minimum Gasteiger partial charge on any atom is -0.323 e. The second-order valence-electron chi connectivity index (χ2n) is 5.92. The van der Waals surface area contributed by atoms with E-state index in [1.54, 1.807) is 22.0 Å². The number of aromatic nitrogens is 2. The molecule has 3 aromatic rings. The maximum atomic E-state index is 13.1. The molecule has 0 fully saturated rings. The molecule has 3 nitrogen and oxygen atoms in total. The Morgan fingerprint density at radius 2 is 2.09 bits per heavy atom.